The molecule has 1 heterocycles. The molecule has 124 valence electrons. The first-order valence-electron chi connectivity index (χ1n) is 8.19. The van der Waals surface area contributed by atoms with Crippen LogP contribution in [0.2, 0.25) is 0 Å². The molecule has 1 aromatic rings. The number of rotatable bonds is 7. The highest BCUT2D eigenvalue weighted by Gasteiger charge is 2.18. The fourth-order valence-corrected chi connectivity index (χ4v) is 3.05. The van der Waals surface area contributed by atoms with E-state index in [2.05, 4.69) is 48.7 Å². The summed E-state index contributed by atoms with van der Waals surface area (Å²) in [5.41, 5.74) is 1.31. The van der Waals surface area contributed by atoms with Gasteiger partial charge in [-0.25, -0.2) is 0 Å². The summed E-state index contributed by atoms with van der Waals surface area (Å²) >= 11 is 0. The minimum Gasteiger partial charge on any atom is -0.355 e. The van der Waals surface area contributed by atoms with Gasteiger partial charge in [0.15, 0.2) is 0 Å². The molecule has 4 heteroatoms. The van der Waals surface area contributed by atoms with Crippen LogP contribution in [-0.4, -0.2) is 25.5 Å². The van der Waals surface area contributed by atoms with Crippen molar-refractivity contribution in [3.05, 3.63) is 35.9 Å². The van der Waals surface area contributed by atoms with E-state index in [4.69, 9.17) is 0 Å². The van der Waals surface area contributed by atoms with E-state index in [1.807, 2.05) is 6.07 Å². The molecule has 1 aromatic carbocycles. The Morgan fingerprint density at radius 3 is 2.64 bits per heavy atom. The highest BCUT2D eigenvalue weighted by atomic mass is 35.5. The number of carbonyl (C=O) groups is 1. The lowest BCUT2D eigenvalue weighted by molar-refractivity contribution is -0.121. The maximum atomic E-state index is 12.0. The van der Waals surface area contributed by atoms with Gasteiger partial charge < -0.3 is 10.6 Å². The van der Waals surface area contributed by atoms with Crippen molar-refractivity contribution in [2.24, 2.45) is 11.8 Å². The zero-order chi connectivity index (χ0) is 15.1. The number of carbonyl (C=O) groups excluding carboxylic acids is 1. The Labute approximate surface area is 140 Å². The molecule has 2 rings (SSSR count). The van der Waals surface area contributed by atoms with Crippen LogP contribution in [-0.2, 0) is 4.79 Å². The van der Waals surface area contributed by atoms with Gasteiger partial charge in [0.1, 0.15) is 0 Å². The lowest BCUT2D eigenvalue weighted by Crippen LogP contribution is -2.30. The van der Waals surface area contributed by atoms with E-state index in [1.54, 1.807) is 0 Å². The lowest BCUT2D eigenvalue weighted by Gasteiger charge is -2.22. The predicted molar refractivity (Wildman–Crippen MR) is 94.5 cm³/mol. The van der Waals surface area contributed by atoms with Gasteiger partial charge >= 0.3 is 0 Å². The van der Waals surface area contributed by atoms with Gasteiger partial charge in [-0.3, -0.25) is 4.79 Å². The van der Waals surface area contributed by atoms with Gasteiger partial charge in [0.2, 0.25) is 5.91 Å². The highest BCUT2D eigenvalue weighted by molar-refractivity contribution is 5.85. The summed E-state index contributed by atoms with van der Waals surface area (Å²) in [4.78, 5) is 12.0. The minimum atomic E-state index is 0. The second-order valence-corrected chi connectivity index (χ2v) is 6.46. The molecule has 0 aromatic heterocycles. The second-order valence-electron chi connectivity index (χ2n) is 6.46. The Bertz CT molecular complexity index is 430. The average Bonchev–Trinajstić information content (AvgIpc) is 2.99. The fraction of sp³-hybridized carbons (Fsp3) is 0.611. The molecule has 2 atom stereocenters. The lowest BCUT2D eigenvalue weighted by atomic mass is 9.88. The van der Waals surface area contributed by atoms with Gasteiger partial charge in [-0.15, -0.1) is 12.4 Å². The van der Waals surface area contributed by atoms with Crippen molar-refractivity contribution < 1.29 is 4.79 Å². The first-order chi connectivity index (χ1) is 10.2. The highest BCUT2D eigenvalue weighted by Crippen LogP contribution is 2.23. The molecule has 1 aliphatic heterocycles. The van der Waals surface area contributed by atoms with Crippen molar-refractivity contribution in [1.29, 1.82) is 0 Å². The van der Waals surface area contributed by atoms with E-state index in [9.17, 15) is 4.79 Å². The number of amides is 1. The molecule has 0 bridgehead atoms. The Morgan fingerprint density at radius 2 is 2.05 bits per heavy atom. The molecule has 2 unspecified atom stereocenters. The van der Waals surface area contributed by atoms with Crippen molar-refractivity contribution in [2.75, 3.05) is 19.6 Å². The number of nitrogens with one attached hydrogen (secondary N) is 2. The van der Waals surface area contributed by atoms with E-state index in [-0.39, 0.29) is 18.3 Å². The maximum Gasteiger partial charge on any atom is 0.220 e. The second kappa shape index (κ2) is 9.86. The van der Waals surface area contributed by atoms with Crippen molar-refractivity contribution in [2.45, 2.75) is 39.0 Å². The zero-order valence-corrected chi connectivity index (χ0v) is 14.5. The summed E-state index contributed by atoms with van der Waals surface area (Å²) < 4.78 is 0. The standard InChI is InChI=1S/C18H28N2O.ClH/c1-14(2)17(16-6-4-3-5-7-16)13-20-18(21)9-8-15-10-11-19-12-15;/h3-7,14-15,17,19H,8-13H2,1-2H3,(H,20,21);1H. The minimum absolute atomic E-state index is 0. The van der Waals surface area contributed by atoms with Crippen LogP contribution in [0, 0.1) is 11.8 Å². The Kier molecular flexibility index (Phi) is 8.51. The quantitative estimate of drug-likeness (QED) is 0.807. The molecule has 1 aliphatic rings. The van der Waals surface area contributed by atoms with Crippen LogP contribution in [0.5, 0.6) is 0 Å². The van der Waals surface area contributed by atoms with E-state index in [0.29, 0.717) is 24.2 Å². The molecule has 0 saturated carbocycles. The van der Waals surface area contributed by atoms with Crippen molar-refractivity contribution >= 4 is 18.3 Å². The average molecular weight is 325 g/mol. The first-order valence-corrected chi connectivity index (χ1v) is 8.19. The molecule has 0 radical (unpaired) electrons. The molecule has 22 heavy (non-hydrogen) atoms. The van der Waals surface area contributed by atoms with E-state index < -0.39 is 0 Å². The Hall–Kier alpha value is -1.06. The van der Waals surface area contributed by atoms with Crippen LogP contribution in [0.3, 0.4) is 0 Å². The Morgan fingerprint density at radius 1 is 1.32 bits per heavy atom. The fourth-order valence-electron chi connectivity index (χ4n) is 3.05. The van der Waals surface area contributed by atoms with Gasteiger partial charge in [0.25, 0.3) is 0 Å². The molecule has 1 amide bonds. The summed E-state index contributed by atoms with van der Waals surface area (Å²) in [6, 6.07) is 10.5. The third-order valence-corrected chi connectivity index (χ3v) is 4.49. The SMILES string of the molecule is CC(C)C(CNC(=O)CCC1CCNC1)c1ccccc1.Cl. The van der Waals surface area contributed by atoms with Crippen LogP contribution >= 0.6 is 12.4 Å². The molecule has 0 spiro atoms. The van der Waals surface area contributed by atoms with E-state index in [1.165, 1.54) is 12.0 Å². The summed E-state index contributed by atoms with van der Waals surface area (Å²) in [5.74, 6) is 1.80. The van der Waals surface area contributed by atoms with Crippen LogP contribution in [0.25, 0.3) is 0 Å². The molecule has 2 N–H and O–H groups in total. The van der Waals surface area contributed by atoms with E-state index >= 15 is 0 Å². The Balaban J connectivity index is 0.00000242. The van der Waals surface area contributed by atoms with Crippen molar-refractivity contribution in [3.63, 3.8) is 0 Å². The number of hydrogen-bond acceptors (Lipinski definition) is 2. The smallest absolute Gasteiger partial charge is 0.220 e. The third-order valence-electron chi connectivity index (χ3n) is 4.49. The van der Waals surface area contributed by atoms with Crippen LogP contribution in [0.1, 0.15) is 44.6 Å². The van der Waals surface area contributed by atoms with Gasteiger partial charge in [-0.1, -0.05) is 44.2 Å². The number of halogens is 1. The number of hydrogen-bond donors (Lipinski definition) is 2. The van der Waals surface area contributed by atoms with Gasteiger partial charge in [0.05, 0.1) is 0 Å². The van der Waals surface area contributed by atoms with Crippen LogP contribution in [0.15, 0.2) is 30.3 Å². The molecule has 1 fully saturated rings. The van der Waals surface area contributed by atoms with E-state index in [0.717, 1.165) is 26.1 Å². The normalized spacial score (nSPS) is 18.8. The molecule has 3 nitrogen and oxygen atoms in total. The van der Waals surface area contributed by atoms with Crippen molar-refractivity contribution in [3.8, 4) is 0 Å². The molecular formula is C18H29ClN2O. The van der Waals surface area contributed by atoms with Gasteiger partial charge in [0, 0.05) is 18.9 Å². The number of benzene rings is 1. The first kappa shape index (κ1) is 19.0. The monoisotopic (exact) mass is 324 g/mol. The topological polar surface area (TPSA) is 41.1 Å². The third kappa shape index (κ3) is 5.98. The predicted octanol–water partition coefficient (Wildman–Crippen LogP) is 3.35. The summed E-state index contributed by atoms with van der Waals surface area (Å²) in [6.07, 6.45) is 2.88. The van der Waals surface area contributed by atoms with Gasteiger partial charge in [-0.2, -0.15) is 0 Å². The molecule has 1 saturated heterocycles. The zero-order valence-electron chi connectivity index (χ0n) is 13.7. The van der Waals surface area contributed by atoms with Crippen LogP contribution < -0.4 is 10.6 Å². The van der Waals surface area contributed by atoms with Crippen molar-refractivity contribution in [1.82, 2.24) is 10.6 Å². The maximum absolute atomic E-state index is 12.0. The largest absolute Gasteiger partial charge is 0.355 e. The summed E-state index contributed by atoms with van der Waals surface area (Å²) in [7, 11) is 0. The molecule has 0 aliphatic carbocycles. The molecular weight excluding hydrogens is 296 g/mol. The van der Waals surface area contributed by atoms with Gasteiger partial charge in [-0.05, 0) is 43.3 Å². The summed E-state index contributed by atoms with van der Waals surface area (Å²) in [6.45, 7) is 7.35. The van der Waals surface area contributed by atoms with Crippen LogP contribution in [0.4, 0.5) is 0 Å². The summed E-state index contributed by atoms with van der Waals surface area (Å²) in [5, 5.41) is 6.48.